The van der Waals surface area contributed by atoms with Crippen LogP contribution < -0.4 is 10.6 Å². The summed E-state index contributed by atoms with van der Waals surface area (Å²) in [5.41, 5.74) is 6.46. The Labute approximate surface area is 120 Å². The first-order valence-electron chi connectivity index (χ1n) is 7.15. The molecule has 2 N–H and O–H groups in total. The number of ether oxygens (including phenoxy) is 1. The number of rotatable bonds is 7. The summed E-state index contributed by atoms with van der Waals surface area (Å²) < 4.78 is 6.55. The quantitative estimate of drug-likeness (QED) is 0.776. The smallest absolute Gasteiger partial charge is 0.345 e. The first kappa shape index (κ1) is 16.3. The average molecular weight is 282 g/mol. The number of carbonyl (C=O) groups excluding carboxylic acids is 1. The molecule has 20 heavy (non-hydrogen) atoms. The lowest BCUT2D eigenvalue weighted by atomic mass is 10.1. The zero-order valence-electron chi connectivity index (χ0n) is 13.1. The van der Waals surface area contributed by atoms with Crippen LogP contribution in [-0.4, -0.2) is 35.9 Å². The molecule has 0 aliphatic carbocycles. The lowest BCUT2D eigenvalue weighted by molar-refractivity contribution is 0.0602. The van der Waals surface area contributed by atoms with Gasteiger partial charge in [-0.05, 0) is 26.2 Å². The van der Waals surface area contributed by atoms with Gasteiger partial charge in [0.1, 0.15) is 11.4 Å². The molecule has 0 saturated carbocycles. The Morgan fingerprint density at radius 1 is 1.40 bits per heavy atom. The number of methoxy groups -OCH3 is 1. The lowest BCUT2D eigenvalue weighted by Crippen LogP contribution is -2.24. The number of aryl methyl sites for hydroxylation is 1. The number of hydrogen-bond acceptors (Lipinski definition) is 5. The lowest BCUT2D eigenvalue weighted by Gasteiger charge is -2.18. The predicted octanol–water partition coefficient (Wildman–Crippen LogP) is 2.14. The Hall–Kier alpha value is -1.72. The van der Waals surface area contributed by atoms with Gasteiger partial charge in [0, 0.05) is 19.6 Å². The van der Waals surface area contributed by atoms with Gasteiger partial charge in [-0.15, -0.1) is 0 Å². The van der Waals surface area contributed by atoms with Gasteiger partial charge in [0.15, 0.2) is 5.82 Å². The van der Waals surface area contributed by atoms with Crippen LogP contribution in [0.25, 0.3) is 0 Å². The van der Waals surface area contributed by atoms with Crippen molar-refractivity contribution < 1.29 is 9.53 Å². The maximum Gasteiger partial charge on any atom is 0.345 e. The molecule has 0 spiro atoms. The summed E-state index contributed by atoms with van der Waals surface area (Å²) in [6.45, 7) is 10.6. The Bertz CT molecular complexity index is 450. The van der Waals surface area contributed by atoms with Crippen LogP contribution in [0.5, 0.6) is 0 Å². The fourth-order valence-corrected chi connectivity index (χ4v) is 2.06. The highest BCUT2D eigenvalue weighted by Crippen LogP contribution is 2.26. The molecule has 6 nitrogen and oxygen atoms in total. The van der Waals surface area contributed by atoms with Crippen LogP contribution in [0.3, 0.4) is 0 Å². The molecule has 0 atom stereocenters. The van der Waals surface area contributed by atoms with Crippen molar-refractivity contribution >= 4 is 17.6 Å². The molecule has 1 aromatic heterocycles. The van der Waals surface area contributed by atoms with E-state index in [1.807, 2.05) is 18.7 Å². The van der Waals surface area contributed by atoms with Crippen LogP contribution in [0.15, 0.2) is 0 Å². The molecule has 0 bridgehead atoms. The number of nitrogens with two attached hydrogens (primary N) is 1. The third kappa shape index (κ3) is 3.43. The molecule has 0 amide bonds. The minimum Gasteiger partial charge on any atom is -0.465 e. The molecule has 0 radical (unpaired) electrons. The van der Waals surface area contributed by atoms with E-state index in [0.29, 0.717) is 29.7 Å². The summed E-state index contributed by atoms with van der Waals surface area (Å²) in [6.07, 6.45) is 0.962. The number of esters is 1. The number of aromatic nitrogens is 2. The van der Waals surface area contributed by atoms with E-state index in [1.54, 1.807) is 4.68 Å². The van der Waals surface area contributed by atoms with Crippen molar-refractivity contribution in [3.63, 3.8) is 0 Å². The summed E-state index contributed by atoms with van der Waals surface area (Å²) in [4.78, 5) is 14.0. The van der Waals surface area contributed by atoms with Gasteiger partial charge in [-0.25, -0.2) is 9.48 Å². The monoisotopic (exact) mass is 282 g/mol. The van der Waals surface area contributed by atoms with Gasteiger partial charge in [-0.1, -0.05) is 13.8 Å². The van der Waals surface area contributed by atoms with E-state index >= 15 is 0 Å². The van der Waals surface area contributed by atoms with E-state index in [-0.39, 0.29) is 0 Å². The molecular formula is C14H26N4O2. The highest BCUT2D eigenvalue weighted by molar-refractivity contribution is 5.99. The summed E-state index contributed by atoms with van der Waals surface area (Å²) >= 11 is 0. The Morgan fingerprint density at radius 2 is 2.00 bits per heavy atom. The zero-order chi connectivity index (χ0) is 15.3. The molecule has 6 heteroatoms. The van der Waals surface area contributed by atoms with Gasteiger partial charge in [0.2, 0.25) is 0 Å². The topological polar surface area (TPSA) is 73.4 Å². The van der Waals surface area contributed by atoms with Crippen LogP contribution in [0.4, 0.5) is 11.6 Å². The van der Waals surface area contributed by atoms with E-state index < -0.39 is 5.97 Å². The number of anilines is 2. The third-order valence-corrected chi connectivity index (χ3v) is 3.34. The molecular weight excluding hydrogens is 256 g/mol. The fourth-order valence-electron chi connectivity index (χ4n) is 2.06. The molecule has 0 aromatic carbocycles. The van der Waals surface area contributed by atoms with E-state index in [4.69, 9.17) is 10.5 Å². The van der Waals surface area contributed by atoms with E-state index in [9.17, 15) is 4.79 Å². The number of nitrogens with zero attached hydrogens (tertiary/aromatic N) is 3. The summed E-state index contributed by atoms with van der Waals surface area (Å²) in [6, 6.07) is 0. The predicted molar refractivity (Wildman–Crippen MR) is 81.0 cm³/mol. The SMILES string of the molecule is CCN(CC)c1nn(CCC(C)C)c(N)c1C(=O)OC. The Kier molecular flexibility index (Phi) is 5.85. The maximum atomic E-state index is 12.0. The van der Waals surface area contributed by atoms with E-state index in [0.717, 1.165) is 19.5 Å². The molecule has 1 rings (SSSR count). The van der Waals surface area contributed by atoms with Gasteiger partial charge in [-0.2, -0.15) is 5.10 Å². The fraction of sp³-hybridized carbons (Fsp3) is 0.714. The molecule has 1 aromatic rings. The highest BCUT2D eigenvalue weighted by Gasteiger charge is 2.25. The number of carbonyl (C=O) groups is 1. The van der Waals surface area contributed by atoms with Gasteiger partial charge in [-0.3, -0.25) is 0 Å². The largest absolute Gasteiger partial charge is 0.465 e. The van der Waals surface area contributed by atoms with Crippen LogP contribution in [0.2, 0.25) is 0 Å². The number of hydrogen-bond donors (Lipinski definition) is 1. The van der Waals surface area contributed by atoms with Crippen LogP contribution in [0, 0.1) is 5.92 Å². The summed E-state index contributed by atoms with van der Waals surface area (Å²) in [7, 11) is 1.36. The second-order valence-corrected chi connectivity index (χ2v) is 5.15. The second-order valence-electron chi connectivity index (χ2n) is 5.15. The molecule has 1 heterocycles. The van der Waals surface area contributed by atoms with E-state index in [2.05, 4.69) is 18.9 Å². The van der Waals surface area contributed by atoms with Crippen molar-refractivity contribution in [3.05, 3.63) is 5.56 Å². The summed E-state index contributed by atoms with van der Waals surface area (Å²) in [5.74, 6) is 1.12. The van der Waals surface area contributed by atoms with Gasteiger partial charge in [0.05, 0.1) is 7.11 Å². The van der Waals surface area contributed by atoms with Crippen LogP contribution in [-0.2, 0) is 11.3 Å². The first-order chi connectivity index (χ1) is 9.46. The van der Waals surface area contributed by atoms with Crippen molar-refractivity contribution in [3.8, 4) is 0 Å². The molecule has 0 saturated heterocycles. The number of nitrogen functional groups attached to an aromatic ring is 1. The van der Waals surface area contributed by atoms with Crippen molar-refractivity contribution in [1.29, 1.82) is 0 Å². The minimum absolute atomic E-state index is 0.375. The van der Waals surface area contributed by atoms with Crippen molar-refractivity contribution in [2.75, 3.05) is 30.8 Å². The maximum absolute atomic E-state index is 12.0. The van der Waals surface area contributed by atoms with Crippen LogP contribution >= 0.6 is 0 Å². The van der Waals surface area contributed by atoms with Crippen LogP contribution in [0.1, 0.15) is 44.5 Å². The highest BCUT2D eigenvalue weighted by atomic mass is 16.5. The molecule has 114 valence electrons. The first-order valence-corrected chi connectivity index (χ1v) is 7.15. The van der Waals surface area contributed by atoms with Gasteiger partial charge in [0.25, 0.3) is 0 Å². The Balaban J connectivity index is 3.20. The van der Waals surface area contributed by atoms with Crippen molar-refractivity contribution in [2.45, 2.75) is 40.7 Å². The molecule has 0 fully saturated rings. The molecule has 0 unspecified atom stereocenters. The van der Waals surface area contributed by atoms with Gasteiger partial charge < -0.3 is 15.4 Å². The average Bonchev–Trinajstić information content (AvgIpc) is 2.74. The second kappa shape index (κ2) is 7.17. The van der Waals surface area contributed by atoms with Gasteiger partial charge >= 0.3 is 5.97 Å². The van der Waals surface area contributed by atoms with E-state index in [1.165, 1.54) is 7.11 Å². The standard InChI is InChI=1S/C14H26N4O2/c1-6-17(7-2)13-11(14(19)20-5)12(15)18(16-13)9-8-10(3)4/h10H,6-9,15H2,1-5H3. The Morgan fingerprint density at radius 3 is 2.45 bits per heavy atom. The summed E-state index contributed by atoms with van der Waals surface area (Å²) in [5, 5.41) is 4.51. The third-order valence-electron chi connectivity index (χ3n) is 3.34. The van der Waals surface area contributed by atoms with Crippen molar-refractivity contribution in [1.82, 2.24) is 9.78 Å². The van der Waals surface area contributed by atoms with Crippen molar-refractivity contribution in [2.24, 2.45) is 5.92 Å². The zero-order valence-corrected chi connectivity index (χ0v) is 13.1. The molecule has 0 aliphatic rings. The molecule has 0 aliphatic heterocycles. The minimum atomic E-state index is -0.430. The normalized spacial score (nSPS) is 10.9.